The molecule has 1 heterocycles. The van der Waals surface area contributed by atoms with E-state index < -0.39 is 0 Å². The zero-order valence-electron chi connectivity index (χ0n) is 8.08. The summed E-state index contributed by atoms with van der Waals surface area (Å²) < 4.78 is 2.72. The molecule has 1 aliphatic rings. The first-order valence-corrected chi connectivity index (χ1v) is 6.10. The normalized spacial score (nSPS) is 27.9. The Morgan fingerprint density at radius 1 is 1.50 bits per heavy atom. The minimum Gasteiger partial charge on any atom is -0.251 e. The van der Waals surface area contributed by atoms with Crippen molar-refractivity contribution in [3.05, 3.63) is 10.3 Å². The number of alkyl halides is 1. The van der Waals surface area contributed by atoms with Crippen molar-refractivity contribution in [2.24, 2.45) is 7.05 Å². The van der Waals surface area contributed by atoms with Gasteiger partial charge < -0.3 is 0 Å². The zero-order chi connectivity index (χ0) is 10.1. The van der Waals surface area contributed by atoms with Crippen molar-refractivity contribution in [2.45, 2.75) is 37.0 Å². The highest BCUT2D eigenvalue weighted by Gasteiger charge is 2.26. The standard InChI is InChI=1S/C9H13BrClN3/c1-14-8(9(10)12-13-14)6-3-2-4-7(11)5-6/h6-7H,2-5H2,1H3. The van der Waals surface area contributed by atoms with Gasteiger partial charge in [0.2, 0.25) is 0 Å². The summed E-state index contributed by atoms with van der Waals surface area (Å²) in [4.78, 5) is 0. The van der Waals surface area contributed by atoms with Crippen LogP contribution < -0.4 is 0 Å². The number of nitrogens with zero attached hydrogens (tertiary/aromatic N) is 3. The Morgan fingerprint density at radius 3 is 2.86 bits per heavy atom. The summed E-state index contributed by atoms with van der Waals surface area (Å²) in [5, 5.41) is 8.31. The number of rotatable bonds is 1. The van der Waals surface area contributed by atoms with E-state index in [1.54, 1.807) is 0 Å². The molecule has 0 radical (unpaired) electrons. The average molecular weight is 279 g/mol. The number of halogens is 2. The van der Waals surface area contributed by atoms with Gasteiger partial charge in [0.15, 0.2) is 4.60 Å². The molecule has 0 spiro atoms. The SMILES string of the molecule is Cn1nnc(Br)c1C1CCCC(Cl)C1. The molecule has 0 saturated heterocycles. The topological polar surface area (TPSA) is 30.7 Å². The van der Waals surface area contributed by atoms with Gasteiger partial charge in [0.05, 0.1) is 5.69 Å². The fourth-order valence-electron chi connectivity index (χ4n) is 2.15. The largest absolute Gasteiger partial charge is 0.251 e. The van der Waals surface area contributed by atoms with Crippen LogP contribution in [-0.2, 0) is 7.05 Å². The maximum Gasteiger partial charge on any atom is 0.151 e. The fourth-order valence-corrected chi connectivity index (χ4v) is 3.17. The minimum absolute atomic E-state index is 0.315. The van der Waals surface area contributed by atoms with Gasteiger partial charge in [-0.25, -0.2) is 0 Å². The van der Waals surface area contributed by atoms with Crippen LogP contribution in [0.25, 0.3) is 0 Å². The molecule has 1 aliphatic carbocycles. The highest BCUT2D eigenvalue weighted by Crippen LogP contribution is 2.37. The van der Waals surface area contributed by atoms with Crippen molar-refractivity contribution in [1.29, 1.82) is 0 Å². The molecule has 0 N–H and O–H groups in total. The van der Waals surface area contributed by atoms with Crippen LogP contribution in [-0.4, -0.2) is 20.4 Å². The van der Waals surface area contributed by atoms with Gasteiger partial charge >= 0.3 is 0 Å². The summed E-state index contributed by atoms with van der Waals surface area (Å²) in [6, 6.07) is 0. The highest BCUT2D eigenvalue weighted by atomic mass is 79.9. The Bertz CT molecular complexity index is 306. The van der Waals surface area contributed by atoms with Gasteiger partial charge in [-0.05, 0) is 35.2 Å². The smallest absolute Gasteiger partial charge is 0.151 e. The van der Waals surface area contributed by atoms with Crippen LogP contribution in [0.15, 0.2) is 4.60 Å². The molecule has 14 heavy (non-hydrogen) atoms. The first-order valence-electron chi connectivity index (χ1n) is 4.87. The van der Waals surface area contributed by atoms with Gasteiger partial charge in [-0.15, -0.1) is 16.7 Å². The lowest BCUT2D eigenvalue weighted by molar-refractivity contribution is 0.428. The molecular formula is C9H13BrClN3. The Labute approximate surface area is 96.9 Å². The number of hydrogen-bond acceptors (Lipinski definition) is 2. The molecule has 0 bridgehead atoms. The van der Waals surface area contributed by atoms with E-state index in [1.807, 2.05) is 11.7 Å². The van der Waals surface area contributed by atoms with Crippen LogP contribution in [0.3, 0.4) is 0 Å². The van der Waals surface area contributed by atoms with Crippen molar-refractivity contribution in [3.8, 4) is 0 Å². The molecule has 78 valence electrons. The monoisotopic (exact) mass is 277 g/mol. The van der Waals surface area contributed by atoms with Crippen molar-refractivity contribution in [1.82, 2.24) is 15.0 Å². The Hall–Kier alpha value is -0.0900. The summed E-state index contributed by atoms with van der Waals surface area (Å²) in [6.45, 7) is 0. The van der Waals surface area contributed by atoms with Gasteiger partial charge in [-0.3, -0.25) is 4.68 Å². The van der Waals surface area contributed by atoms with E-state index in [0.29, 0.717) is 11.3 Å². The molecule has 3 nitrogen and oxygen atoms in total. The lowest BCUT2D eigenvalue weighted by Crippen LogP contribution is -2.16. The van der Waals surface area contributed by atoms with E-state index in [-0.39, 0.29) is 0 Å². The first-order chi connectivity index (χ1) is 6.68. The van der Waals surface area contributed by atoms with Crippen molar-refractivity contribution < 1.29 is 0 Å². The summed E-state index contributed by atoms with van der Waals surface area (Å²) in [5.74, 6) is 0.514. The summed E-state index contributed by atoms with van der Waals surface area (Å²) in [5.41, 5.74) is 1.19. The second kappa shape index (κ2) is 4.19. The molecule has 1 aromatic rings. The predicted molar refractivity (Wildman–Crippen MR) is 59.6 cm³/mol. The van der Waals surface area contributed by atoms with E-state index in [0.717, 1.165) is 17.4 Å². The number of hydrogen-bond donors (Lipinski definition) is 0. The second-order valence-corrected chi connectivity index (χ2v) is 5.22. The van der Waals surface area contributed by atoms with Crippen LogP contribution in [0.4, 0.5) is 0 Å². The summed E-state index contributed by atoms with van der Waals surface area (Å²) in [6.07, 6.45) is 4.59. The zero-order valence-corrected chi connectivity index (χ0v) is 10.4. The molecule has 1 fully saturated rings. The van der Waals surface area contributed by atoms with Gasteiger partial charge in [-0.2, -0.15) is 0 Å². The van der Waals surface area contributed by atoms with Gasteiger partial charge in [0, 0.05) is 18.3 Å². The molecule has 2 rings (SSSR count). The summed E-state index contributed by atoms with van der Waals surface area (Å²) in [7, 11) is 1.94. The molecule has 1 saturated carbocycles. The third-order valence-electron chi connectivity index (χ3n) is 2.82. The molecular weight excluding hydrogens is 265 g/mol. The van der Waals surface area contributed by atoms with E-state index in [1.165, 1.54) is 18.5 Å². The molecule has 5 heteroatoms. The first kappa shape index (κ1) is 10.4. The van der Waals surface area contributed by atoms with Crippen LogP contribution in [0.1, 0.15) is 37.3 Å². The maximum absolute atomic E-state index is 6.17. The van der Waals surface area contributed by atoms with Crippen LogP contribution >= 0.6 is 27.5 Å². The maximum atomic E-state index is 6.17. The lowest BCUT2D eigenvalue weighted by Gasteiger charge is -2.25. The number of aromatic nitrogens is 3. The molecule has 2 unspecified atom stereocenters. The quantitative estimate of drug-likeness (QED) is 0.740. The molecule has 0 aliphatic heterocycles. The third kappa shape index (κ3) is 1.96. The van der Waals surface area contributed by atoms with Crippen LogP contribution in [0.5, 0.6) is 0 Å². The molecule has 1 aromatic heterocycles. The van der Waals surface area contributed by atoms with Crippen molar-refractivity contribution in [2.75, 3.05) is 0 Å². The van der Waals surface area contributed by atoms with Crippen LogP contribution in [0, 0.1) is 0 Å². The van der Waals surface area contributed by atoms with Gasteiger partial charge in [0.25, 0.3) is 0 Å². The highest BCUT2D eigenvalue weighted by molar-refractivity contribution is 9.10. The second-order valence-electron chi connectivity index (χ2n) is 3.85. The Morgan fingerprint density at radius 2 is 2.29 bits per heavy atom. The lowest BCUT2D eigenvalue weighted by atomic mass is 9.87. The minimum atomic E-state index is 0.315. The predicted octanol–water partition coefficient (Wildman–Crippen LogP) is 2.84. The van der Waals surface area contributed by atoms with E-state index in [9.17, 15) is 0 Å². The van der Waals surface area contributed by atoms with Gasteiger partial charge in [-0.1, -0.05) is 11.6 Å². The summed E-state index contributed by atoms with van der Waals surface area (Å²) >= 11 is 9.60. The van der Waals surface area contributed by atoms with E-state index in [4.69, 9.17) is 11.6 Å². The van der Waals surface area contributed by atoms with Crippen molar-refractivity contribution in [3.63, 3.8) is 0 Å². The molecule has 2 atom stereocenters. The van der Waals surface area contributed by atoms with Crippen molar-refractivity contribution >= 4 is 27.5 Å². The molecule has 0 aromatic carbocycles. The van der Waals surface area contributed by atoms with Crippen LogP contribution in [0.2, 0.25) is 0 Å². The Balaban J connectivity index is 2.21. The third-order valence-corrected chi connectivity index (χ3v) is 3.78. The van der Waals surface area contributed by atoms with E-state index >= 15 is 0 Å². The average Bonchev–Trinajstić information content (AvgIpc) is 2.46. The molecule has 0 amide bonds. The number of aryl methyl sites for hydroxylation is 1. The Kier molecular flexibility index (Phi) is 3.12. The van der Waals surface area contributed by atoms with Gasteiger partial charge in [0.1, 0.15) is 0 Å². The van der Waals surface area contributed by atoms with E-state index in [2.05, 4.69) is 26.2 Å². The fraction of sp³-hybridized carbons (Fsp3) is 0.778.